The van der Waals surface area contributed by atoms with Crippen LogP contribution in [0.25, 0.3) is 0 Å². The molecule has 0 radical (unpaired) electrons. The molecule has 2 aromatic rings. The number of amides is 2. The van der Waals surface area contributed by atoms with Crippen molar-refractivity contribution < 1.29 is 9.59 Å². The van der Waals surface area contributed by atoms with E-state index in [0.717, 1.165) is 9.37 Å². The standard InChI is InChI=1S/C15H11BrN2O2S/c16-12-7-9(17)5-6-13(12)21-8-18-14(19)10-3-1-2-4-11(10)15(18)20/h1-7H,8,17H2. The fourth-order valence-electron chi connectivity index (χ4n) is 2.12. The normalized spacial score (nSPS) is 13.7. The number of fused-ring (bicyclic) bond motifs is 1. The smallest absolute Gasteiger partial charge is 0.262 e. The summed E-state index contributed by atoms with van der Waals surface area (Å²) in [6.07, 6.45) is 0. The van der Waals surface area contributed by atoms with Gasteiger partial charge in [-0.25, -0.2) is 0 Å². The van der Waals surface area contributed by atoms with E-state index in [4.69, 9.17) is 5.73 Å². The monoisotopic (exact) mass is 362 g/mol. The van der Waals surface area contributed by atoms with Crippen molar-refractivity contribution in [3.05, 3.63) is 58.1 Å². The van der Waals surface area contributed by atoms with Crippen LogP contribution in [-0.4, -0.2) is 22.6 Å². The van der Waals surface area contributed by atoms with Crippen molar-refractivity contribution >= 4 is 45.2 Å². The van der Waals surface area contributed by atoms with Crippen LogP contribution in [-0.2, 0) is 0 Å². The van der Waals surface area contributed by atoms with E-state index >= 15 is 0 Å². The molecule has 0 saturated heterocycles. The number of anilines is 1. The maximum Gasteiger partial charge on any atom is 0.262 e. The lowest BCUT2D eigenvalue weighted by Crippen LogP contribution is -2.29. The fraction of sp³-hybridized carbons (Fsp3) is 0.0667. The number of imide groups is 1. The first-order valence-corrected chi connectivity index (χ1v) is 7.99. The zero-order chi connectivity index (χ0) is 15.0. The lowest BCUT2D eigenvalue weighted by atomic mass is 10.1. The third kappa shape index (κ3) is 2.56. The Morgan fingerprint density at radius 2 is 1.67 bits per heavy atom. The average Bonchev–Trinajstić information content (AvgIpc) is 2.71. The summed E-state index contributed by atoms with van der Waals surface area (Å²) in [5, 5.41) is 0. The highest BCUT2D eigenvalue weighted by molar-refractivity contribution is 9.10. The highest BCUT2D eigenvalue weighted by Crippen LogP contribution is 2.32. The number of benzene rings is 2. The summed E-state index contributed by atoms with van der Waals surface area (Å²) in [7, 11) is 0. The van der Waals surface area contributed by atoms with Gasteiger partial charge in [0.05, 0.1) is 17.0 Å². The Hall–Kier alpha value is -1.79. The third-order valence-electron chi connectivity index (χ3n) is 3.18. The lowest BCUT2D eigenvalue weighted by Gasteiger charge is -2.14. The zero-order valence-electron chi connectivity index (χ0n) is 10.9. The second kappa shape index (κ2) is 5.54. The highest BCUT2D eigenvalue weighted by atomic mass is 79.9. The Labute approximate surface area is 134 Å². The molecule has 2 aromatic carbocycles. The molecular weight excluding hydrogens is 352 g/mol. The summed E-state index contributed by atoms with van der Waals surface area (Å²) in [5.74, 6) is -0.209. The Morgan fingerprint density at radius 3 is 2.24 bits per heavy atom. The van der Waals surface area contributed by atoms with Crippen molar-refractivity contribution in [1.82, 2.24) is 4.90 Å². The first-order valence-electron chi connectivity index (χ1n) is 6.21. The molecule has 0 bridgehead atoms. The Balaban J connectivity index is 1.78. The second-order valence-corrected chi connectivity index (χ2v) is 6.39. The largest absolute Gasteiger partial charge is 0.399 e. The number of rotatable bonds is 3. The van der Waals surface area contributed by atoms with Gasteiger partial charge < -0.3 is 5.73 Å². The van der Waals surface area contributed by atoms with E-state index in [1.807, 2.05) is 6.07 Å². The molecule has 0 atom stereocenters. The highest BCUT2D eigenvalue weighted by Gasteiger charge is 2.34. The summed E-state index contributed by atoms with van der Waals surface area (Å²) in [6.45, 7) is 0. The fourth-order valence-corrected chi connectivity index (χ4v) is 3.73. The van der Waals surface area contributed by atoms with Gasteiger partial charge in [-0.3, -0.25) is 14.5 Å². The van der Waals surface area contributed by atoms with E-state index in [9.17, 15) is 9.59 Å². The average molecular weight is 363 g/mol. The third-order valence-corrected chi connectivity index (χ3v) is 5.16. The van der Waals surface area contributed by atoms with E-state index in [2.05, 4.69) is 15.9 Å². The molecule has 2 N–H and O–H groups in total. The molecule has 1 aliphatic heterocycles. The molecule has 21 heavy (non-hydrogen) atoms. The first kappa shape index (κ1) is 14.2. The zero-order valence-corrected chi connectivity index (χ0v) is 13.3. The summed E-state index contributed by atoms with van der Waals surface area (Å²) < 4.78 is 0.851. The van der Waals surface area contributed by atoms with Gasteiger partial charge in [0.2, 0.25) is 0 Å². The van der Waals surface area contributed by atoms with Crippen LogP contribution < -0.4 is 5.73 Å². The van der Waals surface area contributed by atoms with Crippen molar-refractivity contribution in [1.29, 1.82) is 0 Å². The van der Waals surface area contributed by atoms with E-state index in [1.165, 1.54) is 16.7 Å². The second-order valence-electron chi connectivity index (χ2n) is 4.55. The summed E-state index contributed by atoms with van der Waals surface area (Å²) in [5.41, 5.74) is 7.29. The number of carbonyl (C=O) groups is 2. The van der Waals surface area contributed by atoms with E-state index in [-0.39, 0.29) is 17.7 Å². The van der Waals surface area contributed by atoms with Crippen molar-refractivity contribution in [2.75, 3.05) is 11.6 Å². The quantitative estimate of drug-likeness (QED) is 0.516. The van der Waals surface area contributed by atoms with Crippen LogP contribution in [0, 0.1) is 0 Å². The van der Waals surface area contributed by atoms with Gasteiger partial charge in [0, 0.05) is 15.1 Å². The predicted molar refractivity (Wildman–Crippen MR) is 86.2 cm³/mol. The van der Waals surface area contributed by atoms with Gasteiger partial charge in [-0.05, 0) is 46.3 Å². The molecule has 6 heteroatoms. The molecule has 0 fully saturated rings. The van der Waals surface area contributed by atoms with Gasteiger partial charge in [-0.1, -0.05) is 12.1 Å². The van der Waals surface area contributed by atoms with Gasteiger partial charge in [0.25, 0.3) is 11.8 Å². The van der Waals surface area contributed by atoms with Crippen LogP contribution in [0.4, 0.5) is 5.69 Å². The minimum Gasteiger partial charge on any atom is -0.399 e. The van der Waals surface area contributed by atoms with Crippen molar-refractivity contribution in [3.8, 4) is 0 Å². The molecular formula is C15H11BrN2O2S. The summed E-state index contributed by atoms with van der Waals surface area (Å²) in [6, 6.07) is 12.3. The van der Waals surface area contributed by atoms with E-state index in [0.29, 0.717) is 16.8 Å². The van der Waals surface area contributed by atoms with Gasteiger partial charge in [-0.2, -0.15) is 0 Å². The SMILES string of the molecule is Nc1ccc(SCN2C(=O)c3ccccc3C2=O)c(Br)c1. The Morgan fingerprint density at radius 1 is 1.05 bits per heavy atom. The molecule has 4 nitrogen and oxygen atoms in total. The number of carbonyl (C=O) groups excluding carboxylic acids is 2. The number of nitrogens with zero attached hydrogens (tertiary/aromatic N) is 1. The van der Waals surface area contributed by atoms with Gasteiger partial charge >= 0.3 is 0 Å². The molecule has 2 amide bonds. The van der Waals surface area contributed by atoms with Gasteiger partial charge in [0.1, 0.15) is 0 Å². The molecule has 106 valence electrons. The van der Waals surface area contributed by atoms with Crippen molar-refractivity contribution in [2.24, 2.45) is 0 Å². The van der Waals surface area contributed by atoms with Crippen LogP contribution >= 0.6 is 27.7 Å². The number of hydrogen-bond donors (Lipinski definition) is 1. The first-order chi connectivity index (χ1) is 10.1. The van der Waals surface area contributed by atoms with E-state index < -0.39 is 0 Å². The van der Waals surface area contributed by atoms with Crippen LogP contribution in [0.1, 0.15) is 20.7 Å². The van der Waals surface area contributed by atoms with E-state index in [1.54, 1.807) is 36.4 Å². The van der Waals surface area contributed by atoms with Crippen molar-refractivity contribution in [2.45, 2.75) is 4.90 Å². The molecule has 0 aromatic heterocycles. The predicted octanol–water partition coefficient (Wildman–Crippen LogP) is 3.38. The maximum absolute atomic E-state index is 12.2. The molecule has 3 rings (SSSR count). The molecule has 0 aliphatic carbocycles. The molecule has 1 aliphatic rings. The topological polar surface area (TPSA) is 63.4 Å². The number of thioether (sulfide) groups is 1. The Kier molecular flexibility index (Phi) is 3.73. The molecule has 0 saturated carbocycles. The molecule has 1 heterocycles. The van der Waals surface area contributed by atoms with Crippen molar-refractivity contribution in [3.63, 3.8) is 0 Å². The van der Waals surface area contributed by atoms with Crippen LogP contribution in [0.5, 0.6) is 0 Å². The van der Waals surface area contributed by atoms with Crippen LogP contribution in [0.15, 0.2) is 51.8 Å². The molecule has 0 spiro atoms. The summed E-state index contributed by atoms with van der Waals surface area (Å²) >= 11 is 4.84. The number of nitrogen functional groups attached to an aromatic ring is 1. The van der Waals surface area contributed by atoms with Crippen LogP contribution in [0.3, 0.4) is 0 Å². The number of halogens is 1. The van der Waals surface area contributed by atoms with Crippen LogP contribution in [0.2, 0.25) is 0 Å². The lowest BCUT2D eigenvalue weighted by molar-refractivity contribution is 0.0684. The number of nitrogens with two attached hydrogens (primary N) is 1. The minimum absolute atomic E-state index is 0.241. The number of hydrogen-bond acceptors (Lipinski definition) is 4. The van der Waals surface area contributed by atoms with Gasteiger partial charge in [0.15, 0.2) is 0 Å². The summed E-state index contributed by atoms with van der Waals surface area (Å²) in [4.78, 5) is 26.6. The molecule has 0 unspecified atom stereocenters. The van der Waals surface area contributed by atoms with Gasteiger partial charge in [-0.15, -0.1) is 11.8 Å². The minimum atomic E-state index is -0.241. The Bertz CT molecular complexity index is 713. The maximum atomic E-state index is 12.2.